The summed E-state index contributed by atoms with van der Waals surface area (Å²) in [5.74, 6) is -5.62. The maximum Gasteiger partial charge on any atom is 0.218 e. The van der Waals surface area contributed by atoms with Crippen molar-refractivity contribution in [2.75, 3.05) is 39.6 Å². The predicted octanol–water partition coefficient (Wildman–Crippen LogP) is -9.88. The number of aliphatic hydroxyl groups excluding tert-OH is 20. The Morgan fingerprint density at radius 2 is 0.530 bits per heavy atom. The Bertz CT molecular complexity index is 1570. The Morgan fingerprint density at radius 1 is 0.288 bits per heavy atom. The van der Waals surface area contributed by atoms with Crippen LogP contribution in [0.4, 0.5) is 0 Å². The van der Waals surface area contributed by atoms with Crippen LogP contribution in [0.15, 0.2) is 23.0 Å². The summed E-state index contributed by atoms with van der Waals surface area (Å²) in [5, 5.41) is 214. The zero-order valence-electron chi connectivity index (χ0n) is 34.5. The zero-order valence-corrected chi connectivity index (χ0v) is 34.5. The zero-order chi connectivity index (χ0) is 48.9. The van der Waals surface area contributed by atoms with Gasteiger partial charge in [-0.1, -0.05) is 0 Å². The van der Waals surface area contributed by atoms with Gasteiger partial charge in [-0.2, -0.15) is 0 Å². The third-order valence-electron chi connectivity index (χ3n) is 11.4. The molecule has 20 N–H and O–H groups in total. The molecule has 0 amide bonds. The molecule has 10 rings (SSSR count). The van der Waals surface area contributed by atoms with E-state index in [-0.39, 0.29) is 0 Å². The first-order valence-corrected chi connectivity index (χ1v) is 20.5. The molecule has 12 unspecified atom stereocenters. The van der Waals surface area contributed by atoms with E-state index < -0.39 is 223 Å². The Kier molecular flexibility index (Phi) is 19.8. The maximum atomic E-state index is 11.2. The maximum absolute atomic E-state index is 11.2. The lowest BCUT2D eigenvalue weighted by molar-refractivity contribution is -0.383. The molecule has 384 valence electrons. The van der Waals surface area contributed by atoms with Gasteiger partial charge in [-0.3, -0.25) is 0 Å². The molecule has 4 fully saturated rings. The van der Waals surface area contributed by atoms with Crippen LogP contribution >= 0.6 is 0 Å². The minimum atomic E-state index is -2.68. The van der Waals surface area contributed by atoms with E-state index >= 15 is 0 Å². The van der Waals surface area contributed by atoms with Crippen LogP contribution in [0.2, 0.25) is 0 Å². The van der Waals surface area contributed by atoms with Gasteiger partial charge in [0, 0.05) is 26.1 Å². The largest absolute Gasteiger partial charge is 0.506 e. The summed E-state index contributed by atoms with van der Waals surface area (Å²) < 4.78 is 54.8. The fourth-order valence-corrected chi connectivity index (χ4v) is 7.75. The SMILES string of the molecule is OCC[C@H]1OC2OC(CO)[C@@H](O[C@H]3OC(CO)[C@@H](O[C@H]4OC(CO)[C@@H](O[C@@H](O)/C(O)=C(\O)[C@@H](CCO)O[C@H]5OC(CO)[C@@H](O[C@@H](O)/C(O)=C\1O)C(O)C5O)C(O)C4O)C(O)C3O)C(O)[C@@H]2O. The lowest BCUT2D eigenvalue weighted by atomic mass is 9.96. The highest BCUT2D eigenvalue weighted by Gasteiger charge is 2.55. The van der Waals surface area contributed by atoms with Crippen molar-refractivity contribution in [1.29, 1.82) is 0 Å². The van der Waals surface area contributed by atoms with Crippen molar-refractivity contribution in [2.24, 2.45) is 0 Å². The van der Waals surface area contributed by atoms with Crippen LogP contribution in [-0.2, 0) is 47.4 Å². The van der Waals surface area contributed by atoms with E-state index in [0.717, 1.165) is 0 Å². The van der Waals surface area contributed by atoms with Gasteiger partial charge < -0.3 is 149 Å². The first kappa shape index (κ1) is 54.6. The van der Waals surface area contributed by atoms with Crippen molar-refractivity contribution in [3.63, 3.8) is 0 Å². The van der Waals surface area contributed by atoms with Crippen molar-refractivity contribution in [3.05, 3.63) is 23.0 Å². The van der Waals surface area contributed by atoms with Crippen LogP contribution in [0.1, 0.15) is 12.8 Å². The van der Waals surface area contributed by atoms with Crippen LogP contribution in [-0.4, -0.2) is 289 Å². The average Bonchev–Trinajstić information content (AvgIpc) is 3.30. The highest BCUT2D eigenvalue weighted by molar-refractivity contribution is 5.10. The number of hydrogen-bond donors (Lipinski definition) is 20. The molecule has 10 aliphatic rings. The first-order valence-electron chi connectivity index (χ1n) is 20.5. The number of aliphatic hydroxyl groups is 20. The van der Waals surface area contributed by atoms with Crippen molar-refractivity contribution in [1.82, 2.24) is 0 Å². The number of hydrogen-bond acceptors (Lipinski definition) is 30. The average molecular weight is 973 g/mol. The molecule has 30 heteroatoms. The third-order valence-corrected chi connectivity index (χ3v) is 11.4. The highest BCUT2D eigenvalue weighted by atomic mass is 16.8. The monoisotopic (exact) mass is 972 g/mol. The van der Waals surface area contributed by atoms with E-state index in [1.807, 2.05) is 0 Å². The van der Waals surface area contributed by atoms with Crippen LogP contribution < -0.4 is 0 Å². The molecule has 66 heavy (non-hydrogen) atoms. The van der Waals surface area contributed by atoms with Gasteiger partial charge in [0.15, 0.2) is 48.2 Å². The molecule has 0 saturated carbocycles. The van der Waals surface area contributed by atoms with E-state index in [2.05, 4.69) is 0 Å². The molecule has 10 heterocycles. The minimum absolute atomic E-state index is 0.648. The van der Waals surface area contributed by atoms with Crippen LogP contribution in [0, 0.1) is 0 Å². The molecular formula is C36H60O30. The minimum Gasteiger partial charge on any atom is -0.506 e. The third kappa shape index (κ3) is 11.6. The molecule has 24 atom stereocenters. The molecule has 0 aromatic rings. The van der Waals surface area contributed by atoms with Crippen LogP contribution in [0.25, 0.3) is 0 Å². The van der Waals surface area contributed by atoms with Gasteiger partial charge in [0.2, 0.25) is 12.6 Å². The standard InChI is InChI=1S/C36H60O30/c37-3-1-9-15(43)22(50)32(56)64-28-12(6-40)61-35(25(53)18(28)46)66-30-14(8-42)62-36(26(54)20(30)48)65-29-13(7-41)60-34(24(52)19(29)47)58-10(2-4-38)16(44)21(49)31(55)63-27-11(5-39)59-33(57-9)23(51)17(27)45/h9-14,17-20,23-56H,1-8H2/b21-16-,22-15+/t9-,10-,11?,12?,13?,14?,17?,18?,19?,20?,23?,24+,25?,26?,27-,28-,29-,30-,31-,32-,33+,34?,35-,36-/m1/s1. The molecule has 0 aromatic carbocycles. The number of ether oxygens (including phenoxy) is 10. The van der Waals surface area contributed by atoms with Crippen molar-refractivity contribution < 1.29 is 149 Å². The molecule has 0 spiro atoms. The van der Waals surface area contributed by atoms with E-state index in [1.54, 1.807) is 0 Å². The number of fused-ring (bicyclic) bond motifs is 2. The molecule has 4 saturated heterocycles. The quantitative estimate of drug-likeness (QED) is 0.107. The summed E-state index contributed by atoms with van der Waals surface area (Å²) in [7, 11) is 0. The normalized spacial score (nSPS) is 49.6. The lowest BCUT2D eigenvalue weighted by Gasteiger charge is -2.48. The highest BCUT2D eigenvalue weighted by Crippen LogP contribution is 2.35. The molecular weight excluding hydrogens is 912 g/mol. The smallest absolute Gasteiger partial charge is 0.218 e. The van der Waals surface area contributed by atoms with Gasteiger partial charge in [-0.05, 0) is 0 Å². The van der Waals surface area contributed by atoms with E-state index in [4.69, 9.17) is 47.4 Å². The van der Waals surface area contributed by atoms with Gasteiger partial charge in [0.25, 0.3) is 0 Å². The topological polar surface area (TPSA) is 497 Å². The first-order chi connectivity index (χ1) is 31.3. The summed E-state index contributed by atoms with van der Waals surface area (Å²) in [6, 6.07) is 0. The second kappa shape index (κ2) is 24.0. The van der Waals surface area contributed by atoms with Crippen molar-refractivity contribution >= 4 is 0 Å². The molecule has 0 aliphatic carbocycles. The molecule has 10 aliphatic heterocycles. The van der Waals surface area contributed by atoms with Crippen LogP contribution in [0.5, 0.6) is 0 Å². The molecule has 0 radical (unpaired) electrons. The summed E-state index contributed by atoms with van der Waals surface area (Å²) in [5.41, 5.74) is 0. The van der Waals surface area contributed by atoms with E-state index in [1.165, 1.54) is 0 Å². The second-order valence-corrected chi connectivity index (χ2v) is 15.7. The van der Waals surface area contributed by atoms with Crippen LogP contribution in [0.3, 0.4) is 0 Å². The second-order valence-electron chi connectivity index (χ2n) is 15.7. The van der Waals surface area contributed by atoms with Gasteiger partial charge in [0.05, 0.1) is 26.4 Å². The number of rotatable bonds is 8. The van der Waals surface area contributed by atoms with Gasteiger partial charge >= 0.3 is 0 Å². The summed E-state index contributed by atoms with van der Waals surface area (Å²) >= 11 is 0. The predicted molar refractivity (Wildman–Crippen MR) is 200 cm³/mol. The fourth-order valence-electron chi connectivity index (χ4n) is 7.75. The molecule has 30 nitrogen and oxygen atoms in total. The Labute approximate surface area is 372 Å². The summed E-state index contributed by atoms with van der Waals surface area (Å²) in [6.45, 7) is -5.92. The molecule has 8 bridgehead atoms. The molecule has 0 aromatic heterocycles. The summed E-state index contributed by atoms with van der Waals surface area (Å²) in [4.78, 5) is 0. The summed E-state index contributed by atoms with van der Waals surface area (Å²) in [6.07, 6.45) is -51.2. The fraction of sp³-hybridized carbons (Fsp3) is 0.889. The Hall–Kier alpha value is -2.36. The Morgan fingerprint density at radius 3 is 0.773 bits per heavy atom. The van der Waals surface area contributed by atoms with Gasteiger partial charge in [-0.15, -0.1) is 0 Å². The van der Waals surface area contributed by atoms with Gasteiger partial charge in [-0.25, -0.2) is 0 Å². The lowest BCUT2D eigenvalue weighted by Crippen LogP contribution is -2.67. The van der Waals surface area contributed by atoms with E-state index in [0.29, 0.717) is 0 Å². The van der Waals surface area contributed by atoms with Gasteiger partial charge in [0.1, 0.15) is 110 Å². The Balaban J connectivity index is 1.52. The van der Waals surface area contributed by atoms with Crippen molar-refractivity contribution in [2.45, 2.75) is 160 Å². The van der Waals surface area contributed by atoms with Crippen molar-refractivity contribution in [3.8, 4) is 0 Å². The van der Waals surface area contributed by atoms with E-state index in [9.17, 15) is 102 Å².